The van der Waals surface area contributed by atoms with Crippen LogP contribution in [0.3, 0.4) is 0 Å². The first-order chi connectivity index (χ1) is 16.6. The van der Waals surface area contributed by atoms with E-state index in [2.05, 4.69) is 35.3 Å². The second-order valence-corrected chi connectivity index (χ2v) is 10.8. The van der Waals surface area contributed by atoms with Gasteiger partial charge in [0.2, 0.25) is 0 Å². The number of nitrogens with one attached hydrogen (secondary N) is 1. The standard InChI is InChI=1S/C29H38N2O3/c1-29(19-33-20-29)21-34-27-12-9-23(10-13-27)28(32)30-26-11-8-24-16-22(6-7-25(24)17-26)18-31-14-4-2-3-5-15-31/h6-7,9-10,12-13,16,26H,2-5,8,11,14-15,17-21H2,1H3,(H,30,32)/t26-/m0/s1. The molecule has 0 radical (unpaired) electrons. The van der Waals surface area contributed by atoms with Gasteiger partial charge in [0.1, 0.15) is 5.75 Å². The number of aryl methyl sites for hydroxylation is 1. The number of hydrogen-bond donors (Lipinski definition) is 1. The Balaban J connectivity index is 1.12. The Kier molecular flexibility index (Phi) is 7.21. The van der Waals surface area contributed by atoms with E-state index < -0.39 is 0 Å². The fraction of sp³-hybridized carbons (Fsp3) is 0.552. The third kappa shape index (κ3) is 5.81. The van der Waals surface area contributed by atoms with Crippen LogP contribution in [0.2, 0.25) is 0 Å². The number of carbonyl (C=O) groups is 1. The van der Waals surface area contributed by atoms with E-state index in [4.69, 9.17) is 9.47 Å². The van der Waals surface area contributed by atoms with Gasteiger partial charge in [-0.05, 0) is 86.1 Å². The summed E-state index contributed by atoms with van der Waals surface area (Å²) in [7, 11) is 0. The van der Waals surface area contributed by atoms with E-state index in [1.54, 1.807) is 0 Å². The molecule has 0 aromatic heterocycles. The summed E-state index contributed by atoms with van der Waals surface area (Å²) in [6, 6.07) is 14.7. The fourth-order valence-electron chi connectivity index (χ4n) is 5.35. The minimum atomic E-state index is -0.00265. The van der Waals surface area contributed by atoms with Crippen molar-refractivity contribution in [3.63, 3.8) is 0 Å². The van der Waals surface area contributed by atoms with Crippen LogP contribution in [-0.4, -0.2) is 49.8 Å². The quantitative estimate of drug-likeness (QED) is 0.644. The molecule has 0 spiro atoms. The van der Waals surface area contributed by atoms with Gasteiger partial charge in [-0.15, -0.1) is 0 Å². The molecule has 34 heavy (non-hydrogen) atoms. The second kappa shape index (κ2) is 10.5. The second-order valence-electron chi connectivity index (χ2n) is 10.8. The van der Waals surface area contributed by atoms with Gasteiger partial charge in [-0.25, -0.2) is 0 Å². The highest BCUT2D eigenvalue weighted by atomic mass is 16.5. The van der Waals surface area contributed by atoms with E-state index >= 15 is 0 Å². The minimum Gasteiger partial charge on any atom is -0.493 e. The highest BCUT2D eigenvalue weighted by Crippen LogP contribution is 2.28. The van der Waals surface area contributed by atoms with E-state index in [1.807, 2.05) is 24.3 Å². The molecule has 182 valence electrons. The summed E-state index contributed by atoms with van der Waals surface area (Å²) in [5.41, 5.74) is 5.08. The zero-order chi connectivity index (χ0) is 23.4. The maximum absolute atomic E-state index is 12.8. The smallest absolute Gasteiger partial charge is 0.251 e. The van der Waals surface area contributed by atoms with Crippen molar-refractivity contribution in [3.8, 4) is 5.75 Å². The topological polar surface area (TPSA) is 50.8 Å². The van der Waals surface area contributed by atoms with Gasteiger partial charge < -0.3 is 14.8 Å². The molecule has 1 N–H and O–H groups in total. The van der Waals surface area contributed by atoms with E-state index in [1.165, 1.54) is 55.5 Å². The Morgan fingerprint density at radius 3 is 2.53 bits per heavy atom. The van der Waals surface area contributed by atoms with Crippen LogP contribution in [0.25, 0.3) is 0 Å². The summed E-state index contributed by atoms with van der Waals surface area (Å²) < 4.78 is 11.2. The lowest BCUT2D eigenvalue weighted by molar-refractivity contribution is -0.120. The van der Waals surface area contributed by atoms with Crippen LogP contribution < -0.4 is 10.1 Å². The van der Waals surface area contributed by atoms with Gasteiger partial charge in [-0.1, -0.05) is 38.0 Å². The molecule has 5 rings (SSSR count). The molecule has 1 amide bonds. The maximum Gasteiger partial charge on any atom is 0.251 e. The van der Waals surface area contributed by atoms with Crippen molar-refractivity contribution in [2.24, 2.45) is 5.41 Å². The van der Waals surface area contributed by atoms with Crippen LogP contribution >= 0.6 is 0 Å². The Hall–Kier alpha value is -2.37. The number of hydrogen-bond acceptors (Lipinski definition) is 4. The first kappa shape index (κ1) is 23.4. The van der Waals surface area contributed by atoms with Crippen LogP contribution in [-0.2, 0) is 24.1 Å². The van der Waals surface area contributed by atoms with Gasteiger partial charge in [-0.3, -0.25) is 9.69 Å². The number of likely N-dealkylation sites (tertiary alicyclic amines) is 1. The monoisotopic (exact) mass is 462 g/mol. The summed E-state index contributed by atoms with van der Waals surface area (Å²) in [4.78, 5) is 15.4. The van der Waals surface area contributed by atoms with Crippen molar-refractivity contribution in [1.29, 1.82) is 0 Å². The number of amides is 1. The Bertz CT molecular complexity index is 975. The van der Waals surface area contributed by atoms with Crippen molar-refractivity contribution in [1.82, 2.24) is 10.2 Å². The molecule has 2 aliphatic heterocycles. The maximum atomic E-state index is 12.8. The molecule has 1 atom stereocenters. The number of benzene rings is 2. The Morgan fingerprint density at radius 1 is 1.06 bits per heavy atom. The molecule has 2 fully saturated rings. The molecule has 2 aromatic rings. The molecule has 3 aliphatic rings. The molecule has 0 bridgehead atoms. The highest BCUT2D eigenvalue weighted by molar-refractivity contribution is 5.94. The van der Waals surface area contributed by atoms with Crippen LogP contribution in [0, 0.1) is 5.41 Å². The van der Waals surface area contributed by atoms with Crippen molar-refractivity contribution >= 4 is 5.91 Å². The van der Waals surface area contributed by atoms with Gasteiger partial charge >= 0.3 is 0 Å². The van der Waals surface area contributed by atoms with Gasteiger partial charge in [0.05, 0.1) is 19.8 Å². The molecule has 5 heteroatoms. The zero-order valence-corrected chi connectivity index (χ0v) is 20.5. The summed E-state index contributed by atoms with van der Waals surface area (Å²) in [5.74, 6) is 0.796. The molecule has 2 aromatic carbocycles. The average Bonchev–Trinajstić information content (AvgIpc) is 3.10. The summed E-state index contributed by atoms with van der Waals surface area (Å²) in [6.45, 7) is 7.83. The minimum absolute atomic E-state index is 0.00265. The number of ether oxygens (including phenoxy) is 2. The van der Waals surface area contributed by atoms with Crippen LogP contribution in [0.1, 0.15) is 66.1 Å². The summed E-state index contributed by atoms with van der Waals surface area (Å²) >= 11 is 0. The largest absolute Gasteiger partial charge is 0.493 e. The Morgan fingerprint density at radius 2 is 1.82 bits per heavy atom. The molecular formula is C29H38N2O3. The van der Waals surface area contributed by atoms with Gasteiger partial charge in [0.15, 0.2) is 0 Å². The molecule has 0 unspecified atom stereocenters. The van der Waals surface area contributed by atoms with Crippen molar-refractivity contribution < 1.29 is 14.3 Å². The normalized spacial score (nSPS) is 22.2. The lowest BCUT2D eigenvalue weighted by Crippen LogP contribution is -2.44. The SMILES string of the molecule is CC1(COc2ccc(C(=O)N[C@H]3CCc4cc(CN5CCCCCC5)ccc4C3)cc2)COC1. The van der Waals surface area contributed by atoms with Crippen LogP contribution in [0.15, 0.2) is 42.5 Å². The number of nitrogens with zero attached hydrogens (tertiary/aromatic N) is 1. The van der Waals surface area contributed by atoms with Crippen LogP contribution in [0.4, 0.5) is 0 Å². The van der Waals surface area contributed by atoms with Crippen molar-refractivity contribution in [2.45, 2.75) is 64.5 Å². The first-order valence-electron chi connectivity index (χ1n) is 13.0. The molecule has 1 aliphatic carbocycles. The predicted molar refractivity (Wildman–Crippen MR) is 134 cm³/mol. The third-order valence-electron chi connectivity index (χ3n) is 7.54. The number of fused-ring (bicyclic) bond motifs is 1. The summed E-state index contributed by atoms with van der Waals surface area (Å²) in [6.07, 6.45) is 8.35. The molecule has 5 nitrogen and oxygen atoms in total. The highest BCUT2D eigenvalue weighted by Gasteiger charge is 2.34. The van der Waals surface area contributed by atoms with E-state index in [-0.39, 0.29) is 17.4 Å². The molecule has 2 heterocycles. The molecular weight excluding hydrogens is 424 g/mol. The zero-order valence-electron chi connectivity index (χ0n) is 20.5. The van der Waals surface area contributed by atoms with E-state index in [0.717, 1.165) is 44.8 Å². The van der Waals surface area contributed by atoms with Crippen molar-refractivity contribution in [3.05, 3.63) is 64.7 Å². The van der Waals surface area contributed by atoms with Gasteiger partial charge in [-0.2, -0.15) is 0 Å². The molecule has 2 saturated heterocycles. The number of rotatable bonds is 7. The fourth-order valence-corrected chi connectivity index (χ4v) is 5.35. The lowest BCUT2D eigenvalue weighted by Gasteiger charge is -2.37. The summed E-state index contributed by atoms with van der Waals surface area (Å²) in [5, 5.41) is 3.25. The van der Waals surface area contributed by atoms with E-state index in [9.17, 15) is 4.79 Å². The molecule has 0 saturated carbocycles. The van der Waals surface area contributed by atoms with E-state index in [0.29, 0.717) is 12.2 Å². The van der Waals surface area contributed by atoms with Gasteiger partial charge in [0.25, 0.3) is 5.91 Å². The predicted octanol–water partition coefficient (Wildman–Crippen LogP) is 4.77. The number of carbonyl (C=O) groups excluding carboxylic acids is 1. The lowest BCUT2D eigenvalue weighted by atomic mass is 9.87. The Labute approximate surface area is 203 Å². The van der Waals surface area contributed by atoms with Crippen LogP contribution in [0.5, 0.6) is 5.75 Å². The average molecular weight is 463 g/mol. The first-order valence-corrected chi connectivity index (χ1v) is 13.0. The van der Waals surface area contributed by atoms with Gasteiger partial charge in [0, 0.05) is 23.6 Å². The van der Waals surface area contributed by atoms with Crippen molar-refractivity contribution in [2.75, 3.05) is 32.9 Å². The third-order valence-corrected chi connectivity index (χ3v) is 7.54.